The molecule has 3 rings (SSSR count). The van der Waals surface area contributed by atoms with Crippen LogP contribution in [0.25, 0.3) is 0 Å². The minimum Gasteiger partial charge on any atom is -0.344 e. The van der Waals surface area contributed by atoms with Crippen LogP contribution in [0.1, 0.15) is 11.1 Å². The van der Waals surface area contributed by atoms with E-state index in [1.807, 2.05) is 18.2 Å². The SMILES string of the molecule is I.c1ccc(NC2=NCc3ccccc3C2)cc1. The number of benzene rings is 2. The highest BCUT2D eigenvalue weighted by molar-refractivity contribution is 14.0. The number of amidine groups is 1. The summed E-state index contributed by atoms with van der Waals surface area (Å²) in [5.74, 6) is 1.05. The molecule has 0 radical (unpaired) electrons. The largest absolute Gasteiger partial charge is 0.344 e. The number of nitrogens with one attached hydrogen (secondary N) is 1. The monoisotopic (exact) mass is 350 g/mol. The molecular weight excluding hydrogens is 335 g/mol. The van der Waals surface area contributed by atoms with Crippen molar-refractivity contribution in [1.82, 2.24) is 0 Å². The average Bonchev–Trinajstić information content (AvgIpc) is 2.40. The van der Waals surface area contributed by atoms with Crippen molar-refractivity contribution < 1.29 is 0 Å². The topological polar surface area (TPSA) is 24.4 Å². The zero-order chi connectivity index (χ0) is 11.5. The van der Waals surface area contributed by atoms with Crippen LogP contribution < -0.4 is 5.32 Å². The van der Waals surface area contributed by atoms with Gasteiger partial charge < -0.3 is 5.32 Å². The van der Waals surface area contributed by atoms with Gasteiger partial charge in [-0.25, -0.2) is 0 Å². The molecule has 92 valence electrons. The Hall–Kier alpha value is -1.36. The first-order valence-corrected chi connectivity index (χ1v) is 5.84. The van der Waals surface area contributed by atoms with E-state index in [0.29, 0.717) is 0 Å². The second-order valence-corrected chi connectivity index (χ2v) is 4.20. The molecule has 0 bridgehead atoms. The molecule has 1 N–H and O–H groups in total. The Balaban J connectivity index is 0.00000120. The van der Waals surface area contributed by atoms with Crippen molar-refractivity contribution in [3.05, 3.63) is 65.7 Å². The summed E-state index contributed by atoms with van der Waals surface area (Å²) in [6.45, 7) is 0.783. The Bertz CT molecular complexity index is 549. The van der Waals surface area contributed by atoms with Crippen LogP contribution in [0.3, 0.4) is 0 Å². The maximum Gasteiger partial charge on any atom is 0.106 e. The Kier molecular flexibility index (Phi) is 4.36. The number of para-hydroxylation sites is 1. The number of fused-ring (bicyclic) bond motifs is 1. The zero-order valence-electron chi connectivity index (χ0n) is 9.97. The lowest BCUT2D eigenvalue weighted by atomic mass is 10.0. The quantitative estimate of drug-likeness (QED) is 0.776. The lowest BCUT2D eigenvalue weighted by Crippen LogP contribution is -2.19. The Labute approximate surface area is 124 Å². The van der Waals surface area contributed by atoms with Gasteiger partial charge in [-0.15, -0.1) is 24.0 Å². The Morgan fingerprint density at radius 1 is 0.833 bits per heavy atom. The highest BCUT2D eigenvalue weighted by atomic mass is 127. The van der Waals surface area contributed by atoms with Crippen LogP contribution in [0, 0.1) is 0 Å². The van der Waals surface area contributed by atoms with Crippen molar-refractivity contribution in [3.8, 4) is 0 Å². The molecule has 1 heterocycles. The third-order valence-electron chi connectivity index (χ3n) is 2.98. The lowest BCUT2D eigenvalue weighted by Gasteiger charge is -2.17. The molecule has 0 spiro atoms. The van der Waals surface area contributed by atoms with Gasteiger partial charge in [-0.3, -0.25) is 4.99 Å². The molecule has 3 heteroatoms. The molecule has 0 saturated carbocycles. The summed E-state index contributed by atoms with van der Waals surface area (Å²) in [7, 11) is 0. The van der Waals surface area contributed by atoms with Gasteiger partial charge in [-0.1, -0.05) is 42.5 Å². The summed E-state index contributed by atoms with van der Waals surface area (Å²) < 4.78 is 0. The number of rotatable bonds is 1. The van der Waals surface area contributed by atoms with E-state index in [1.54, 1.807) is 0 Å². The number of hydrogen-bond acceptors (Lipinski definition) is 2. The van der Waals surface area contributed by atoms with E-state index in [4.69, 9.17) is 0 Å². The molecular formula is C15H15IN2. The first-order chi connectivity index (χ1) is 8.42. The molecule has 0 atom stereocenters. The first kappa shape index (κ1) is 13.1. The Morgan fingerprint density at radius 3 is 2.28 bits per heavy atom. The molecule has 2 aromatic carbocycles. The van der Waals surface area contributed by atoms with Gasteiger partial charge in [0.25, 0.3) is 0 Å². The molecule has 2 nitrogen and oxygen atoms in total. The van der Waals surface area contributed by atoms with Crippen molar-refractivity contribution in [1.29, 1.82) is 0 Å². The van der Waals surface area contributed by atoms with E-state index in [-0.39, 0.29) is 24.0 Å². The van der Waals surface area contributed by atoms with E-state index in [9.17, 15) is 0 Å². The number of aliphatic imine (C=N–C) groups is 1. The molecule has 0 aromatic heterocycles. The van der Waals surface area contributed by atoms with Crippen molar-refractivity contribution in [2.75, 3.05) is 5.32 Å². The lowest BCUT2D eigenvalue weighted by molar-refractivity contribution is 0.984. The molecule has 0 fully saturated rings. The summed E-state index contributed by atoms with van der Waals surface area (Å²) in [5.41, 5.74) is 3.82. The van der Waals surface area contributed by atoms with E-state index < -0.39 is 0 Å². The van der Waals surface area contributed by atoms with Crippen LogP contribution >= 0.6 is 24.0 Å². The normalized spacial score (nSPS) is 13.0. The number of hydrogen-bond donors (Lipinski definition) is 1. The molecule has 1 aliphatic heterocycles. The summed E-state index contributed by atoms with van der Waals surface area (Å²) in [6, 6.07) is 18.7. The van der Waals surface area contributed by atoms with Crippen LogP contribution in [0.5, 0.6) is 0 Å². The van der Waals surface area contributed by atoms with Crippen molar-refractivity contribution in [3.63, 3.8) is 0 Å². The fraction of sp³-hybridized carbons (Fsp3) is 0.133. The molecule has 1 aliphatic rings. The van der Waals surface area contributed by atoms with Gasteiger partial charge in [-0.2, -0.15) is 0 Å². The van der Waals surface area contributed by atoms with Gasteiger partial charge in [0.15, 0.2) is 0 Å². The molecule has 0 unspecified atom stereocenters. The third kappa shape index (κ3) is 2.90. The highest BCUT2D eigenvalue weighted by Crippen LogP contribution is 2.17. The Morgan fingerprint density at radius 2 is 1.50 bits per heavy atom. The zero-order valence-corrected chi connectivity index (χ0v) is 12.3. The minimum absolute atomic E-state index is 0. The summed E-state index contributed by atoms with van der Waals surface area (Å²) in [5, 5.41) is 3.37. The fourth-order valence-corrected chi connectivity index (χ4v) is 2.07. The maximum atomic E-state index is 4.57. The van der Waals surface area contributed by atoms with Crippen LogP contribution in [0.15, 0.2) is 59.6 Å². The molecule has 0 aliphatic carbocycles. The van der Waals surface area contributed by atoms with Gasteiger partial charge >= 0.3 is 0 Å². The maximum absolute atomic E-state index is 4.57. The van der Waals surface area contributed by atoms with E-state index in [2.05, 4.69) is 46.7 Å². The van der Waals surface area contributed by atoms with Gasteiger partial charge in [0.05, 0.1) is 6.54 Å². The summed E-state index contributed by atoms with van der Waals surface area (Å²) >= 11 is 0. The van der Waals surface area contributed by atoms with E-state index in [0.717, 1.165) is 24.5 Å². The molecule has 18 heavy (non-hydrogen) atoms. The van der Waals surface area contributed by atoms with Crippen molar-refractivity contribution in [2.24, 2.45) is 4.99 Å². The number of nitrogens with zero attached hydrogens (tertiary/aromatic N) is 1. The van der Waals surface area contributed by atoms with Gasteiger partial charge in [-0.05, 0) is 23.3 Å². The molecule has 2 aromatic rings. The van der Waals surface area contributed by atoms with Crippen LogP contribution in [0.2, 0.25) is 0 Å². The highest BCUT2D eigenvalue weighted by Gasteiger charge is 2.11. The van der Waals surface area contributed by atoms with Gasteiger partial charge in [0.2, 0.25) is 0 Å². The van der Waals surface area contributed by atoms with E-state index >= 15 is 0 Å². The molecule has 0 amide bonds. The van der Waals surface area contributed by atoms with Crippen LogP contribution in [-0.2, 0) is 13.0 Å². The fourth-order valence-electron chi connectivity index (χ4n) is 2.07. The second kappa shape index (κ2) is 6.00. The smallest absolute Gasteiger partial charge is 0.106 e. The molecule has 0 saturated heterocycles. The van der Waals surface area contributed by atoms with Crippen molar-refractivity contribution >= 4 is 35.5 Å². The van der Waals surface area contributed by atoms with Gasteiger partial charge in [0, 0.05) is 12.1 Å². The predicted octanol–water partition coefficient (Wildman–Crippen LogP) is 3.87. The minimum atomic E-state index is 0. The van der Waals surface area contributed by atoms with Crippen molar-refractivity contribution in [2.45, 2.75) is 13.0 Å². The van der Waals surface area contributed by atoms with Crippen LogP contribution in [-0.4, -0.2) is 5.84 Å². The number of anilines is 1. The second-order valence-electron chi connectivity index (χ2n) is 4.20. The third-order valence-corrected chi connectivity index (χ3v) is 2.98. The van der Waals surface area contributed by atoms with Gasteiger partial charge in [0.1, 0.15) is 5.84 Å². The average molecular weight is 350 g/mol. The standard InChI is InChI=1S/C15H14N2.HI/c1-2-8-14(9-3-1)17-15-10-12-6-4-5-7-13(12)11-16-15;/h1-9H,10-11H2,(H,16,17);1H. The number of halogens is 1. The first-order valence-electron chi connectivity index (χ1n) is 5.84. The summed E-state index contributed by atoms with van der Waals surface area (Å²) in [6.07, 6.45) is 0.894. The predicted molar refractivity (Wildman–Crippen MR) is 86.8 cm³/mol. The summed E-state index contributed by atoms with van der Waals surface area (Å²) in [4.78, 5) is 4.57. The van der Waals surface area contributed by atoms with E-state index in [1.165, 1.54) is 11.1 Å². The van der Waals surface area contributed by atoms with Crippen LogP contribution in [0.4, 0.5) is 5.69 Å².